The normalized spacial score (nSPS) is 17.2. The van der Waals surface area contributed by atoms with E-state index in [1.807, 2.05) is 29.2 Å². The largest absolute Gasteiger partial charge is 0.338 e. The van der Waals surface area contributed by atoms with Crippen molar-refractivity contribution >= 4 is 5.91 Å². The quantitative estimate of drug-likeness (QED) is 0.796. The van der Waals surface area contributed by atoms with E-state index < -0.39 is 0 Å². The summed E-state index contributed by atoms with van der Waals surface area (Å²) in [7, 11) is 0. The summed E-state index contributed by atoms with van der Waals surface area (Å²) in [6, 6.07) is 7.52. The molecule has 1 fully saturated rings. The van der Waals surface area contributed by atoms with Crippen molar-refractivity contribution in [2.45, 2.75) is 26.7 Å². The van der Waals surface area contributed by atoms with E-state index in [1.54, 1.807) is 0 Å². The van der Waals surface area contributed by atoms with Gasteiger partial charge >= 0.3 is 0 Å². The molecule has 2 rings (SSSR count). The van der Waals surface area contributed by atoms with Gasteiger partial charge < -0.3 is 10.6 Å². The van der Waals surface area contributed by atoms with Crippen molar-refractivity contribution in [2.24, 2.45) is 11.1 Å². The van der Waals surface area contributed by atoms with E-state index in [9.17, 15) is 4.79 Å². The zero-order chi connectivity index (χ0) is 14.6. The molecular weight excluding hydrogens is 248 g/mol. The highest BCUT2D eigenvalue weighted by molar-refractivity contribution is 5.96. The maximum atomic E-state index is 12.7. The minimum absolute atomic E-state index is 0.0831. The molecule has 1 amide bonds. The summed E-state index contributed by atoms with van der Waals surface area (Å²) in [5, 5.41) is 0. The van der Waals surface area contributed by atoms with Crippen molar-refractivity contribution in [1.82, 2.24) is 4.90 Å². The van der Waals surface area contributed by atoms with Gasteiger partial charge in [0.05, 0.1) is 12.1 Å². The number of nitrogens with two attached hydrogens (primary N) is 1. The van der Waals surface area contributed by atoms with E-state index in [0.29, 0.717) is 12.1 Å². The Balaban J connectivity index is 2.25. The van der Waals surface area contributed by atoms with Crippen molar-refractivity contribution in [2.75, 3.05) is 19.6 Å². The Kier molecular flexibility index (Phi) is 4.46. The van der Waals surface area contributed by atoms with Crippen LogP contribution >= 0.6 is 0 Å². The van der Waals surface area contributed by atoms with Crippen LogP contribution in [0.15, 0.2) is 24.3 Å². The number of benzene rings is 1. The molecule has 1 aromatic carbocycles. The van der Waals surface area contributed by atoms with Crippen LogP contribution in [0.25, 0.3) is 0 Å². The first-order valence-electron chi connectivity index (χ1n) is 7.11. The molecule has 1 saturated heterocycles. The molecule has 0 radical (unpaired) electrons. The predicted molar refractivity (Wildman–Crippen MR) is 81.3 cm³/mol. The van der Waals surface area contributed by atoms with Gasteiger partial charge in [0.2, 0.25) is 0 Å². The van der Waals surface area contributed by atoms with E-state index in [2.05, 4.69) is 25.7 Å². The number of carbonyl (C=O) groups excluding carboxylic acids is 1. The van der Waals surface area contributed by atoms with Crippen LogP contribution in [0.1, 0.15) is 42.6 Å². The summed E-state index contributed by atoms with van der Waals surface area (Å²) in [6.07, 6.45) is 2.24. The molecule has 3 nitrogen and oxygen atoms in total. The molecule has 0 atom stereocenters. The zero-order valence-corrected chi connectivity index (χ0v) is 12.3. The summed E-state index contributed by atoms with van der Waals surface area (Å²) in [5.41, 5.74) is 7.07. The lowest BCUT2D eigenvalue weighted by atomic mass is 9.84. The molecule has 2 N–H and O–H groups in total. The number of carbonyl (C=O) groups is 1. The van der Waals surface area contributed by atoms with E-state index in [1.165, 1.54) is 6.42 Å². The van der Waals surface area contributed by atoms with Crippen molar-refractivity contribution in [3.63, 3.8) is 0 Å². The van der Waals surface area contributed by atoms with Crippen LogP contribution < -0.4 is 5.73 Å². The van der Waals surface area contributed by atoms with E-state index in [-0.39, 0.29) is 11.3 Å². The standard InChI is InChI=1S/C17H22N2O/c1-17(2)10-6-12-19(13-17)16(20)15-9-4-3-7-14(15)8-5-11-18/h3-4,7,9H,6,10-13,18H2,1-2H3. The Hall–Kier alpha value is -1.79. The molecule has 1 aromatic rings. The Bertz CT molecular complexity index is 552. The molecule has 0 aromatic heterocycles. The number of amides is 1. The van der Waals surface area contributed by atoms with Gasteiger partial charge in [-0.15, -0.1) is 0 Å². The van der Waals surface area contributed by atoms with Gasteiger partial charge in [0.1, 0.15) is 0 Å². The molecule has 1 aliphatic rings. The Morgan fingerprint density at radius 2 is 2.15 bits per heavy atom. The molecule has 0 aliphatic carbocycles. The average Bonchev–Trinajstić information content (AvgIpc) is 2.43. The second kappa shape index (κ2) is 6.11. The van der Waals surface area contributed by atoms with Crippen LogP contribution in [0.4, 0.5) is 0 Å². The Labute approximate surface area is 121 Å². The average molecular weight is 270 g/mol. The lowest BCUT2D eigenvalue weighted by Crippen LogP contribution is -2.43. The van der Waals surface area contributed by atoms with Crippen molar-refractivity contribution in [1.29, 1.82) is 0 Å². The molecule has 1 heterocycles. The summed E-state index contributed by atoms with van der Waals surface area (Å²) >= 11 is 0. The summed E-state index contributed by atoms with van der Waals surface area (Å²) in [6.45, 7) is 6.38. The Morgan fingerprint density at radius 3 is 2.85 bits per heavy atom. The highest BCUT2D eigenvalue weighted by Gasteiger charge is 2.30. The number of hydrogen-bond acceptors (Lipinski definition) is 2. The molecule has 0 saturated carbocycles. The fourth-order valence-electron chi connectivity index (χ4n) is 2.69. The number of nitrogens with zero attached hydrogens (tertiary/aromatic N) is 1. The topological polar surface area (TPSA) is 46.3 Å². The summed E-state index contributed by atoms with van der Waals surface area (Å²) < 4.78 is 0. The first kappa shape index (κ1) is 14.6. The Morgan fingerprint density at radius 1 is 1.40 bits per heavy atom. The van der Waals surface area contributed by atoms with Crippen LogP contribution in [0, 0.1) is 17.3 Å². The van der Waals surface area contributed by atoms with Gasteiger partial charge in [0.25, 0.3) is 5.91 Å². The lowest BCUT2D eigenvalue weighted by molar-refractivity contribution is 0.0583. The molecule has 106 valence electrons. The minimum atomic E-state index is 0.0831. The molecule has 3 heteroatoms. The first-order chi connectivity index (χ1) is 9.53. The molecule has 1 aliphatic heterocycles. The van der Waals surface area contributed by atoms with Crippen molar-refractivity contribution < 1.29 is 4.79 Å². The van der Waals surface area contributed by atoms with Crippen LogP contribution in [-0.4, -0.2) is 30.4 Å². The molecule has 20 heavy (non-hydrogen) atoms. The first-order valence-corrected chi connectivity index (χ1v) is 7.11. The fraction of sp³-hybridized carbons (Fsp3) is 0.471. The van der Waals surface area contributed by atoms with Crippen LogP contribution in [-0.2, 0) is 0 Å². The number of hydrogen-bond donors (Lipinski definition) is 1. The zero-order valence-electron chi connectivity index (χ0n) is 12.3. The highest BCUT2D eigenvalue weighted by Crippen LogP contribution is 2.29. The predicted octanol–water partition coefficient (Wildman–Crippen LogP) is 2.26. The molecular formula is C17H22N2O. The SMILES string of the molecule is CC1(C)CCCN(C(=O)c2ccccc2C#CCN)C1. The number of piperidine rings is 1. The molecule has 0 spiro atoms. The highest BCUT2D eigenvalue weighted by atomic mass is 16.2. The molecule has 0 bridgehead atoms. The number of rotatable bonds is 1. The van der Waals surface area contributed by atoms with Gasteiger partial charge in [0, 0.05) is 18.7 Å². The fourth-order valence-corrected chi connectivity index (χ4v) is 2.69. The van der Waals surface area contributed by atoms with Gasteiger partial charge in [-0.05, 0) is 30.4 Å². The monoisotopic (exact) mass is 270 g/mol. The van der Waals surface area contributed by atoms with E-state index in [0.717, 1.165) is 25.1 Å². The van der Waals surface area contributed by atoms with Crippen LogP contribution in [0.5, 0.6) is 0 Å². The van der Waals surface area contributed by atoms with Gasteiger partial charge in [0.15, 0.2) is 0 Å². The third kappa shape index (κ3) is 3.40. The summed E-state index contributed by atoms with van der Waals surface area (Å²) in [5.74, 6) is 5.90. The second-order valence-corrected chi connectivity index (χ2v) is 6.05. The van der Waals surface area contributed by atoms with Crippen molar-refractivity contribution in [3.8, 4) is 11.8 Å². The van der Waals surface area contributed by atoms with Crippen molar-refractivity contribution in [3.05, 3.63) is 35.4 Å². The van der Waals surface area contributed by atoms with Gasteiger partial charge in [-0.1, -0.05) is 37.8 Å². The van der Waals surface area contributed by atoms with Crippen LogP contribution in [0.2, 0.25) is 0 Å². The maximum Gasteiger partial charge on any atom is 0.255 e. The second-order valence-electron chi connectivity index (χ2n) is 6.05. The lowest BCUT2D eigenvalue weighted by Gasteiger charge is -2.38. The van der Waals surface area contributed by atoms with Gasteiger partial charge in [-0.3, -0.25) is 4.79 Å². The van der Waals surface area contributed by atoms with Gasteiger partial charge in [-0.2, -0.15) is 0 Å². The summed E-state index contributed by atoms with van der Waals surface area (Å²) in [4.78, 5) is 14.6. The minimum Gasteiger partial charge on any atom is -0.338 e. The molecule has 0 unspecified atom stereocenters. The third-order valence-electron chi connectivity index (χ3n) is 3.67. The smallest absolute Gasteiger partial charge is 0.255 e. The van der Waals surface area contributed by atoms with Gasteiger partial charge in [-0.25, -0.2) is 0 Å². The van der Waals surface area contributed by atoms with E-state index >= 15 is 0 Å². The van der Waals surface area contributed by atoms with E-state index in [4.69, 9.17) is 5.73 Å². The third-order valence-corrected chi connectivity index (χ3v) is 3.67. The number of likely N-dealkylation sites (tertiary alicyclic amines) is 1. The maximum absolute atomic E-state index is 12.7. The van der Waals surface area contributed by atoms with Crippen LogP contribution in [0.3, 0.4) is 0 Å².